The number of nitrogens with zero attached hydrogens (tertiary/aromatic N) is 3. The molecule has 0 saturated carbocycles. The van der Waals surface area contributed by atoms with E-state index in [0.29, 0.717) is 6.54 Å². The van der Waals surface area contributed by atoms with Gasteiger partial charge >= 0.3 is 5.69 Å². The Kier molecular flexibility index (Phi) is 3.18. The summed E-state index contributed by atoms with van der Waals surface area (Å²) in [7, 11) is 0. The Labute approximate surface area is 105 Å². The molecule has 0 radical (unpaired) electrons. The van der Waals surface area contributed by atoms with Crippen LogP contribution in [0, 0.1) is 5.92 Å². The lowest BCUT2D eigenvalue weighted by Crippen LogP contribution is -2.19. The third-order valence-corrected chi connectivity index (χ3v) is 2.83. The van der Waals surface area contributed by atoms with Crippen LogP contribution in [0.2, 0.25) is 0 Å². The zero-order valence-electron chi connectivity index (χ0n) is 9.88. The van der Waals surface area contributed by atoms with Gasteiger partial charge in [0.15, 0.2) is 11.5 Å². The zero-order chi connectivity index (χ0) is 13.4. The molecule has 0 spiro atoms. The molecule has 1 unspecified atom stereocenters. The van der Waals surface area contributed by atoms with Crippen molar-refractivity contribution in [2.75, 3.05) is 5.73 Å². The van der Waals surface area contributed by atoms with Crippen LogP contribution in [0.25, 0.3) is 11.2 Å². The van der Waals surface area contributed by atoms with Crippen LogP contribution in [0.5, 0.6) is 0 Å². The summed E-state index contributed by atoms with van der Waals surface area (Å²) in [6.07, 6.45) is 0. The maximum Gasteiger partial charge on any atom is 0.327 e. The number of aromatic amines is 1. The molecular formula is C9H13N5O3S. The van der Waals surface area contributed by atoms with E-state index < -0.39 is 11.1 Å². The Balaban J connectivity index is 2.74. The van der Waals surface area contributed by atoms with E-state index in [4.69, 9.17) is 10.3 Å². The van der Waals surface area contributed by atoms with E-state index in [2.05, 4.69) is 15.0 Å². The van der Waals surface area contributed by atoms with Gasteiger partial charge in [0.25, 0.3) is 5.16 Å². The van der Waals surface area contributed by atoms with E-state index in [1.165, 1.54) is 4.57 Å². The molecule has 98 valence electrons. The van der Waals surface area contributed by atoms with Gasteiger partial charge in [0.05, 0.1) is 0 Å². The molecule has 8 nitrogen and oxygen atoms in total. The van der Waals surface area contributed by atoms with Gasteiger partial charge in [0, 0.05) is 6.54 Å². The van der Waals surface area contributed by atoms with Crippen LogP contribution in [0.15, 0.2) is 9.95 Å². The molecule has 0 saturated heterocycles. The molecule has 0 aromatic carbocycles. The summed E-state index contributed by atoms with van der Waals surface area (Å²) in [6, 6.07) is 0. The smallest absolute Gasteiger partial charge is 0.327 e. The Hall–Kier alpha value is -1.74. The second kappa shape index (κ2) is 4.50. The fraction of sp³-hybridized carbons (Fsp3) is 0.444. The third kappa shape index (κ3) is 2.14. The number of hydrogen-bond acceptors (Lipinski definition) is 5. The molecule has 0 aliphatic heterocycles. The van der Waals surface area contributed by atoms with Crippen molar-refractivity contribution in [2.24, 2.45) is 5.92 Å². The molecule has 4 N–H and O–H groups in total. The normalized spacial score (nSPS) is 13.3. The maximum absolute atomic E-state index is 11.8. The highest BCUT2D eigenvalue weighted by molar-refractivity contribution is 7.79. The van der Waals surface area contributed by atoms with Gasteiger partial charge in [-0.3, -0.25) is 9.12 Å². The van der Waals surface area contributed by atoms with Gasteiger partial charge in [-0.15, -0.1) is 0 Å². The summed E-state index contributed by atoms with van der Waals surface area (Å²) in [6.45, 7) is 4.33. The van der Waals surface area contributed by atoms with Crippen LogP contribution in [0.4, 0.5) is 5.82 Å². The van der Waals surface area contributed by atoms with E-state index in [-0.39, 0.29) is 33.7 Å². The quantitative estimate of drug-likeness (QED) is 0.530. The average Bonchev–Trinajstić information content (AvgIpc) is 2.56. The highest BCUT2D eigenvalue weighted by Gasteiger charge is 2.16. The third-order valence-electron chi connectivity index (χ3n) is 2.33. The van der Waals surface area contributed by atoms with Crippen LogP contribution in [0.1, 0.15) is 13.8 Å². The molecule has 0 bridgehead atoms. The molecule has 2 rings (SSSR count). The van der Waals surface area contributed by atoms with Gasteiger partial charge in [-0.25, -0.2) is 9.00 Å². The minimum absolute atomic E-state index is 0.0167. The first kappa shape index (κ1) is 12.7. The van der Waals surface area contributed by atoms with Gasteiger partial charge in [0.2, 0.25) is 11.1 Å². The summed E-state index contributed by atoms with van der Waals surface area (Å²) in [5, 5.41) is -0.309. The number of hydrogen-bond donors (Lipinski definition) is 3. The highest BCUT2D eigenvalue weighted by Crippen LogP contribution is 2.16. The molecule has 9 heteroatoms. The minimum atomic E-state index is -2.34. The first-order valence-electron chi connectivity index (χ1n) is 5.27. The molecule has 1 atom stereocenters. The largest absolute Gasteiger partial charge is 0.382 e. The van der Waals surface area contributed by atoms with Crippen LogP contribution in [-0.4, -0.2) is 28.3 Å². The second-order valence-corrected chi connectivity index (χ2v) is 5.14. The topological polar surface area (TPSA) is 127 Å². The Morgan fingerprint density at radius 1 is 1.50 bits per heavy atom. The van der Waals surface area contributed by atoms with Gasteiger partial charge in [-0.05, 0) is 5.92 Å². The van der Waals surface area contributed by atoms with Crippen LogP contribution in [0.3, 0.4) is 0 Å². The molecule has 2 aromatic rings. The summed E-state index contributed by atoms with van der Waals surface area (Å²) in [5.74, 6) is 0.206. The summed E-state index contributed by atoms with van der Waals surface area (Å²) in [5.41, 5.74) is 5.80. The SMILES string of the molecule is CC(C)Cn1c(=O)[nH]c2c(N)nc(S(=O)O)nc21. The number of anilines is 1. The standard InChI is InChI=1S/C9H13N5O3S/c1-4(2)3-14-7-5(11-9(14)15)6(10)12-8(13-7)18(16)17/h4H,3H2,1-2H3,(H,11,15)(H,16,17)(H2,10,12,13). The van der Waals surface area contributed by atoms with E-state index in [9.17, 15) is 9.00 Å². The van der Waals surface area contributed by atoms with Crippen molar-refractivity contribution < 1.29 is 8.76 Å². The molecule has 2 heterocycles. The lowest BCUT2D eigenvalue weighted by atomic mass is 10.2. The fourth-order valence-corrected chi connectivity index (χ4v) is 1.98. The van der Waals surface area contributed by atoms with Crippen molar-refractivity contribution >= 4 is 28.1 Å². The first-order valence-corrected chi connectivity index (χ1v) is 6.37. The predicted molar refractivity (Wildman–Crippen MR) is 66.4 cm³/mol. The van der Waals surface area contributed by atoms with E-state index in [1.807, 2.05) is 13.8 Å². The lowest BCUT2D eigenvalue weighted by Gasteiger charge is -2.06. The number of rotatable bonds is 3. The summed E-state index contributed by atoms with van der Waals surface area (Å²) < 4.78 is 21.3. The van der Waals surface area contributed by atoms with Crippen molar-refractivity contribution in [3.05, 3.63) is 10.5 Å². The number of aromatic nitrogens is 4. The summed E-state index contributed by atoms with van der Waals surface area (Å²) in [4.78, 5) is 21.9. The molecule has 18 heavy (non-hydrogen) atoms. The van der Waals surface area contributed by atoms with Crippen LogP contribution < -0.4 is 11.4 Å². The first-order chi connectivity index (χ1) is 8.40. The van der Waals surface area contributed by atoms with Gasteiger partial charge in [0.1, 0.15) is 5.52 Å². The summed E-state index contributed by atoms with van der Waals surface area (Å²) >= 11 is -2.34. The van der Waals surface area contributed by atoms with Crippen molar-refractivity contribution in [2.45, 2.75) is 25.5 Å². The molecular weight excluding hydrogens is 258 g/mol. The van der Waals surface area contributed by atoms with Crippen molar-refractivity contribution in [1.82, 2.24) is 19.5 Å². The van der Waals surface area contributed by atoms with Crippen LogP contribution in [-0.2, 0) is 17.6 Å². The average molecular weight is 271 g/mol. The van der Waals surface area contributed by atoms with E-state index >= 15 is 0 Å². The Bertz CT molecular complexity index is 675. The Morgan fingerprint density at radius 2 is 2.17 bits per heavy atom. The van der Waals surface area contributed by atoms with Gasteiger partial charge < -0.3 is 10.7 Å². The fourth-order valence-electron chi connectivity index (χ4n) is 1.64. The van der Waals surface area contributed by atoms with Gasteiger partial charge in [-0.2, -0.15) is 9.97 Å². The molecule has 0 fully saturated rings. The van der Waals surface area contributed by atoms with Gasteiger partial charge in [-0.1, -0.05) is 13.8 Å². The molecule has 2 aromatic heterocycles. The number of H-pyrrole nitrogens is 1. The number of nitrogen functional groups attached to an aromatic ring is 1. The number of nitrogens with two attached hydrogens (primary N) is 1. The highest BCUT2D eigenvalue weighted by atomic mass is 32.2. The predicted octanol–water partition coefficient (Wildman–Crippen LogP) is -0.0616. The van der Waals surface area contributed by atoms with Crippen molar-refractivity contribution in [1.29, 1.82) is 0 Å². The monoisotopic (exact) mass is 271 g/mol. The van der Waals surface area contributed by atoms with Crippen LogP contribution >= 0.6 is 0 Å². The van der Waals surface area contributed by atoms with E-state index in [1.54, 1.807) is 0 Å². The molecule has 0 amide bonds. The molecule has 0 aliphatic carbocycles. The number of nitrogens with one attached hydrogen (secondary N) is 1. The number of imidazole rings is 1. The van der Waals surface area contributed by atoms with Crippen molar-refractivity contribution in [3.8, 4) is 0 Å². The number of fused-ring (bicyclic) bond motifs is 1. The van der Waals surface area contributed by atoms with Crippen molar-refractivity contribution in [3.63, 3.8) is 0 Å². The molecule has 0 aliphatic rings. The minimum Gasteiger partial charge on any atom is -0.382 e. The van der Waals surface area contributed by atoms with E-state index in [0.717, 1.165) is 0 Å². The zero-order valence-corrected chi connectivity index (χ0v) is 10.7. The maximum atomic E-state index is 11.8. The Morgan fingerprint density at radius 3 is 2.72 bits per heavy atom. The lowest BCUT2D eigenvalue weighted by molar-refractivity contribution is 0.518. The second-order valence-electron chi connectivity index (χ2n) is 4.27.